The molecule has 5 nitrogen and oxygen atoms in total. The molecule has 1 aromatic carbocycles. The summed E-state index contributed by atoms with van der Waals surface area (Å²) < 4.78 is 6.26. The van der Waals surface area contributed by atoms with E-state index in [4.69, 9.17) is 4.42 Å². The van der Waals surface area contributed by atoms with Gasteiger partial charge in [-0.1, -0.05) is 28.1 Å². The smallest absolute Gasteiger partial charge is 0.291 e. The van der Waals surface area contributed by atoms with Crippen LogP contribution in [0.25, 0.3) is 0 Å². The molecule has 3 aromatic heterocycles. The van der Waals surface area contributed by atoms with Crippen molar-refractivity contribution in [3.63, 3.8) is 0 Å². The lowest BCUT2D eigenvalue weighted by Crippen LogP contribution is -2.17. The molecule has 1 atom stereocenters. The van der Waals surface area contributed by atoms with Gasteiger partial charge in [0.2, 0.25) is 0 Å². The fourth-order valence-corrected chi connectivity index (χ4v) is 4.94. The molecule has 1 unspecified atom stereocenters. The highest BCUT2D eigenvalue weighted by Crippen LogP contribution is 2.41. The number of nitrogens with one attached hydrogen (secondary N) is 2. The molecule has 7 heteroatoms. The Morgan fingerprint density at radius 1 is 1.13 bits per heavy atom. The Labute approximate surface area is 193 Å². The Hall–Kier alpha value is -2.90. The number of benzene rings is 1. The monoisotopic (exact) mass is 495 g/mol. The summed E-state index contributed by atoms with van der Waals surface area (Å²) in [5.41, 5.74) is 4.33. The van der Waals surface area contributed by atoms with E-state index in [9.17, 15) is 4.79 Å². The molecule has 0 aliphatic rings. The average Bonchev–Trinajstić information content (AvgIpc) is 3.36. The molecule has 0 aliphatic carbocycles. The third kappa shape index (κ3) is 4.73. The average molecular weight is 496 g/mol. The summed E-state index contributed by atoms with van der Waals surface area (Å²) in [6, 6.07) is 15.3. The van der Waals surface area contributed by atoms with Crippen LogP contribution in [0.2, 0.25) is 0 Å². The lowest BCUT2D eigenvalue weighted by atomic mass is 9.96. The van der Waals surface area contributed by atoms with Gasteiger partial charge in [0.05, 0.1) is 12.3 Å². The van der Waals surface area contributed by atoms with Crippen LogP contribution in [0.4, 0.5) is 10.8 Å². The summed E-state index contributed by atoms with van der Waals surface area (Å²) in [4.78, 5) is 18.4. The standard InChI is InChI=1S/C24H22BrN3O2S/c1-14-9-10-26-20(12-14)27-22(17-6-4-7-18(25)13-17)21-15(2)16(3)31-24(21)28-23(29)19-8-5-11-30-19/h4-13,22H,1-3H3,(H,26,27)(H,28,29). The van der Waals surface area contributed by atoms with Gasteiger partial charge in [0.15, 0.2) is 5.76 Å². The van der Waals surface area contributed by atoms with Crippen molar-refractivity contribution < 1.29 is 9.21 Å². The van der Waals surface area contributed by atoms with E-state index in [1.165, 1.54) is 6.26 Å². The minimum atomic E-state index is -0.269. The normalized spacial score (nSPS) is 11.9. The van der Waals surface area contributed by atoms with E-state index in [0.29, 0.717) is 0 Å². The summed E-state index contributed by atoms with van der Waals surface area (Å²) in [5, 5.41) is 7.43. The van der Waals surface area contributed by atoms with Crippen LogP contribution in [0.5, 0.6) is 0 Å². The zero-order chi connectivity index (χ0) is 22.0. The maximum atomic E-state index is 12.7. The molecule has 1 amide bonds. The van der Waals surface area contributed by atoms with Crippen LogP contribution < -0.4 is 10.6 Å². The summed E-state index contributed by atoms with van der Waals surface area (Å²) in [7, 11) is 0. The molecular weight excluding hydrogens is 474 g/mol. The van der Waals surface area contributed by atoms with Crippen LogP contribution >= 0.6 is 27.3 Å². The topological polar surface area (TPSA) is 67.2 Å². The highest BCUT2D eigenvalue weighted by Gasteiger charge is 2.26. The van der Waals surface area contributed by atoms with Gasteiger partial charge in [0.1, 0.15) is 10.8 Å². The number of furan rings is 1. The van der Waals surface area contributed by atoms with Gasteiger partial charge in [0, 0.05) is 21.1 Å². The van der Waals surface area contributed by atoms with Gasteiger partial charge in [-0.2, -0.15) is 0 Å². The van der Waals surface area contributed by atoms with Crippen LogP contribution in [-0.2, 0) is 0 Å². The van der Waals surface area contributed by atoms with Gasteiger partial charge >= 0.3 is 0 Å². The van der Waals surface area contributed by atoms with Gasteiger partial charge in [0.25, 0.3) is 5.91 Å². The van der Waals surface area contributed by atoms with Gasteiger partial charge < -0.3 is 15.1 Å². The molecule has 0 radical (unpaired) electrons. The quantitative estimate of drug-likeness (QED) is 0.306. The van der Waals surface area contributed by atoms with E-state index in [2.05, 4.69) is 57.5 Å². The molecule has 4 aromatic rings. The van der Waals surface area contributed by atoms with E-state index in [1.54, 1.807) is 29.7 Å². The third-order valence-corrected chi connectivity index (χ3v) is 6.71. The number of amides is 1. The third-order valence-electron chi connectivity index (χ3n) is 5.08. The number of hydrogen-bond acceptors (Lipinski definition) is 5. The van der Waals surface area contributed by atoms with Gasteiger partial charge in [-0.3, -0.25) is 4.79 Å². The molecule has 0 spiro atoms. The van der Waals surface area contributed by atoms with Gasteiger partial charge in [-0.25, -0.2) is 4.98 Å². The minimum Gasteiger partial charge on any atom is -0.459 e. The van der Waals surface area contributed by atoms with Crippen molar-refractivity contribution in [2.75, 3.05) is 10.6 Å². The predicted molar refractivity (Wildman–Crippen MR) is 129 cm³/mol. The van der Waals surface area contributed by atoms with Crippen molar-refractivity contribution in [1.82, 2.24) is 4.98 Å². The lowest BCUT2D eigenvalue weighted by molar-refractivity contribution is 0.0997. The molecule has 158 valence electrons. The van der Waals surface area contributed by atoms with Crippen molar-refractivity contribution in [2.24, 2.45) is 0 Å². The lowest BCUT2D eigenvalue weighted by Gasteiger charge is -2.22. The molecule has 0 aliphatic heterocycles. The molecular formula is C24H22BrN3O2S. The van der Waals surface area contributed by atoms with Gasteiger partial charge in [-0.15, -0.1) is 11.3 Å². The molecule has 31 heavy (non-hydrogen) atoms. The first kappa shape index (κ1) is 21.3. The molecule has 0 saturated carbocycles. The number of anilines is 2. The number of carbonyl (C=O) groups excluding carboxylic acids is 1. The molecule has 2 N–H and O–H groups in total. The van der Waals surface area contributed by atoms with E-state index in [1.807, 2.05) is 31.2 Å². The van der Waals surface area contributed by atoms with Crippen LogP contribution in [-0.4, -0.2) is 10.9 Å². The largest absolute Gasteiger partial charge is 0.459 e. The predicted octanol–water partition coefficient (Wildman–Crippen LogP) is 6.88. The van der Waals surface area contributed by atoms with E-state index in [0.717, 1.165) is 42.4 Å². The number of hydrogen-bond donors (Lipinski definition) is 2. The zero-order valence-electron chi connectivity index (χ0n) is 17.4. The SMILES string of the molecule is Cc1ccnc(NC(c2cccc(Br)c2)c2c(NC(=O)c3ccco3)sc(C)c2C)c1. The molecule has 0 fully saturated rings. The highest BCUT2D eigenvalue weighted by molar-refractivity contribution is 9.10. The fourth-order valence-electron chi connectivity index (χ4n) is 3.43. The summed E-state index contributed by atoms with van der Waals surface area (Å²) >= 11 is 5.15. The number of rotatable bonds is 6. The van der Waals surface area contributed by atoms with E-state index in [-0.39, 0.29) is 17.7 Å². The second-order valence-electron chi connectivity index (χ2n) is 7.31. The number of halogens is 1. The maximum absolute atomic E-state index is 12.7. The van der Waals surface area contributed by atoms with Crippen LogP contribution in [0.1, 0.15) is 43.7 Å². The first-order chi connectivity index (χ1) is 14.9. The Kier molecular flexibility index (Phi) is 6.25. The van der Waals surface area contributed by atoms with Crippen LogP contribution in [0.15, 0.2) is 69.9 Å². The molecule has 0 saturated heterocycles. The second-order valence-corrected chi connectivity index (χ2v) is 9.45. The number of nitrogens with zero attached hydrogens (tertiary/aromatic N) is 1. The Morgan fingerprint density at radius 2 is 1.97 bits per heavy atom. The zero-order valence-corrected chi connectivity index (χ0v) is 19.8. The molecule has 4 rings (SSSR count). The van der Waals surface area contributed by atoms with Crippen LogP contribution in [0.3, 0.4) is 0 Å². The minimum absolute atomic E-state index is 0.205. The van der Waals surface area contributed by atoms with E-state index < -0.39 is 0 Å². The van der Waals surface area contributed by atoms with Gasteiger partial charge in [-0.05, 0) is 73.9 Å². The summed E-state index contributed by atoms with van der Waals surface area (Å²) in [6.07, 6.45) is 3.29. The number of aromatic nitrogens is 1. The Morgan fingerprint density at radius 3 is 2.68 bits per heavy atom. The Bertz CT molecular complexity index is 1220. The number of thiophene rings is 1. The van der Waals surface area contributed by atoms with Crippen LogP contribution in [0, 0.1) is 20.8 Å². The molecule has 3 heterocycles. The highest BCUT2D eigenvalue weighted by atomic mass is 79.9. The van der Waals surface area contributed by atoms with Crippen molar-refractivity contribution in [3.8, 4) is 0 Å². The first-order valence-corrected chi connectivity index (χ1v) is 11.4. The van der Waals surface area contributed by atoms with Crippen molar-refractivity contribution in [2.45, 2.75) is 26.8 Å². The summed E-state index contributed by atoms with van der Waals surface area (Å²) in [5.74, 6) is 0.785. The fraction of sp³-hybridized carbons (Fsp3) is 0.167. The molecule has 0 bridgehead atoms. The van der Waals surface area contributed by atoms with Crippen molar-refractivity contribution in [1.29, 1.82) is 0 Å². The van der Waals surface area contributed by atoms with E-state index >= 15 is 0 Å². The van der Waals surface area contributed by atoms with Crippen molar-refractivity contribution >= 4 is 44.0 Å². The van der Waals surface area contributed by atoms with Crippen molar-refractivity contribution in [3.05, 3.63) is 98.4 Å². The number of pyridine rings is 1. The summed E-state index contributed by atoms with van der Waals surface area (Å²) in [6.45, 7) is 6.19. The first-order valence-electron chi connectivity index (χ1n) is 9.82. The Balaban J connectivity index is 1.79. The number of carbonyl (C=O) groups is 1. The number of aryl methyl sites for hydroxylation is 2. The maximum Gasteiger partial charge on any atom is 0.291 e. The second kappa shape index (κ2) is 9.08.